The Hall–Kier alpha value is -0.950. The summed E-state index contributed by atoms with van der Waals surface area (Å²) in [5.74, 6) is 7.79. The average Bonchev–Trinajstić information content (AvgIpc) is 3.73. The molecule has 0 saturated heterocycles. The molecule has 0 radical (unpaired) electrons. The lowest BCUT2D eigenvalue weighted by atomic mass is 9.43. The summed E-state index contributed by atoms with van der Waals surface area (Å²) in [6.45, 7) is 23.0. The number of halogens is 1. The summed E-state index contributed by atoms with van der Waals surface area (Å²) in [7, 11) is -2.11. The van der Waals surface area contributed by atoms with Crippen molar-refractivity contribution < 1.29 is 45.2 Å². The lowest BCUT2D eigenvalue weighted by Crippen LogP contribution is -2.59. The van der Waals surface area contributed by atoms with E-state index >= 15 is 0 Å². The second-order valence-corrected chi connectivity index (χ2v) is 29.5. The van der Waals surface area contributed by atoms with Crippen LogP contribution in [-0.4, -0.2) is 71.8 Å². The average molecular weight is 974 g/mol. The van der Waals surface area contributed by atoms with Gasteiger partial charge in [0, 0.05) is 43.0 Å². The Kier molecular flexibility index (Phi) is 16.5. The molecule has 20 atom stereocenters. The van der Waals surface area contributed by atoms with E-state index in [9.17, 15) is 31.5 Å². The van der Waals surface area contributed by atoms with E-state index in [0.717, 1.165) is 50.0 Å². The van der Waals surface area contributed by atoms with Gasteiger partial charge in [-0.1, -0.05) is 68.2 Å². The number of ether oxygens (including phenoxy) is 2. The summed E-state index contributed by atoms with van der Waals surface area (Å²) < 4.78 is 59.3. The summed E-state index contributed by atoms with van der Waals surface area (Å²) in [5, 5.41) is 9.85. The first kappa shape index (κ1) is 53.4. The maximum atomic E-state index is 12.1. The van der Waals surface area contributed by atoms with E-state index < -0.39 is 19.2 Å². The molecule has 13 heteroatoms. The molecule has 65 heavy (non-hydrogen) atoms. The van der Waals surface area contributed by atoms with Crippen LogP contribution in [0.1, 0.15) is 172 Å². The van der Waals surface area contributed by atoms with E-state index in [0.29, 0.717) is 87.9 Å². The van der Waals surface area contributed by atoms with Gasteiger partial charge in [0.2, 0.25) is 9.05 Å². The summed E-state index contributed by atoms with van der Waals surface area (Å²) in [5.41, 5.74) is 1.24. The molecule has 0 bridgehead atoms. The fraction of sp³-hybridized carbons (Fsp3) is 0.962. The summed E-state index contributed by atoms with van der Waals surface area (Å²) in [6.07, 6.45) is 21.9. The van der Waals surface area contributed by atoms with E-state index in [1.807, 2.05) is 0 Å². The van der Waals surface area contributed by atoms with Crippen molar-refractivity contribution in [3.05, 3.63) is 0 Å². The molecule has 8 fully saturated rings. The second kappa shape index (κ2) is 20.0. The summed E-state index contributed by atoms with van der Waals surface area (Å²) in [4.78, 5) is 24.1. The topological polar surface area (TPSA) is 150 Å². The molecule has 8 aliphatic rings. The monoisotopic (exact) mass is 973 g/mol. The van der Waals surface area contributed by atoms with Gasteiger partial charge in [-0.05, 0) is 183 Å². The van der Waals surface area contributed by atoms with E-state index in [1.54, 1.807) is 13.8 Å². The Morgan fingerprint density at radius 2 is 0.954 bits per heavy atom. The van der Waals surface area contributed by atoms with Crippen molar-refractivity contribution in [3.8, 4) is 0 Å². The maximum absolute atomic E-state index is 12.1. The number of aliphatic hydroxyl groups is 1. The number of hydrogen-bond donors (Lipinski definition) is 1. The van der Waals surface area contributed by atoms with Crippen molar-refractivity contribution in [2.45, 2.75) is 184 Å². The number of carbonyl (C=O) groups excluding carboxylic acids is 2. The van der Waals surface area contributed by atoms with E-state index in [2.05, 4.69) is 66.1 Å². The van der Waals surface area contributed by atoms with Gasteiger partial charge in [-0.25, -0.2) is 8.42 Å². The minimum Gasteiger partial charge on any atom is -0.462 e. The van der Waals surface area contributed by atoms with E-state index in [4.69, 9.17) is 13.7 Å². The SMILES string of the molecule is CC(=O)OC1C[C@@H]2C[C@@H](C)CC[C@]2(C)C2CC[C@@]3(C)C(CC[C@@H]3[C@H](C)CO)[C@H]12.CC(=O)OC1C[C@@H]2C[C@@H](C)CC[C@]2(C)C2CC[C@@]3(C)C(CC[C@@H]3[C@H](C)COS(C)(=O)=O)[C@H]12.CS(=O)(=O)Cl. The first-order valence-electron chi connectivity index (χ1n) is 25.7. The maximum Gasteiger partial charge on any atom is 0.302 e. The fourth-order valence-electron chi connectivity index (χ4n) is 17.9. The van der Waals surface area contributed by atoms with E-state index in [-0.39, 0.29) is 42.1 Å². The van der Waals surface area contributed by atoms with Crippen molar-refractivity contribution in [1.82, 2.24) is 0 Å². The number of hydrogen-bond acceptors (Lipinski definition) is 10. The lowest BCUT2D eigenvalue weighted by Gasteiger charge is -2.63. The molecular formula is C52H89ClO10S2. The number of fused-ring (bicyclic) bond motifs is 10. The van der Waals surface area contributed by atoms with Crippen LogP contribution in [0, 0.1) is 105 Å². The van der Waals surface area contributed by atoms with Gasteiger partial charge < -0.3 is 14.6 Å². The molecule has 8 rings (SSSR count). The first-order chi connectivity index (χ1) is 30.1. The van der Waals surface area contributed by atoms with Crippen molar-refractivity contribution >= 4 is 41.8 Å². The zero-order valence-corrected chi connectivity index (χ0v) is 44.7. The highest BCUT2D eigenvalue weighted by Crippen LogP contribution is 2.71. The molecule has 376 valence electrons. The van der Waals surface area contributed by atoms with Gasteiger partial charge in [0.15, 0.2) is 0 Å². The van der Waals surface area contributed by atoms with Gasteiger partial charge in [-0.2, -0.15) is 8.42 Å². The molecule has 0 heterocycles. The molecule has 10 nitrogen and oxygen atoms in total. The minimum atomic E-state index is -3.42. The normalized spacial score (nSPS) is 46.3. The van der Waals surface area contributed by atoms with Crippen LogP contribution < -0.4 is 0 Å². The largest absolute Gasteiger partial charge is 0.462 e. The molecule has 0 spiro atoms. The van der Waals surface area contributed by atoms with E-state index in [1.165, 1.54) is 77.0 Å². The number of esters is 2. The lowest BCUT2D eigenvalue weighted by molar-refractivity contribution is -0.192. The Bertz CT molecular complexity index is 1900. The van der Waals surface area contributed by atoms with Crippen LogP contribution >= 0.6 is 10.7 Å². The molecule has 0 aromatic carbocycles. The zero-order valence-electron chi connectivity index (χ0n) is 42.3. The molecule has 8 saturated carbocycles. The molecule has 0 aromatic rings. The van der Waals surface area contributed by atoms with Crippen molar-refractivity contribution in [2.75, 3.05) is 25.7 Å². The van der Waals surface area contributed by atoms with Gasteiger partial charge in [0.05, 0.1) is 19.1 Å². The highest BCUT2D eigenvalue weighted by molar-refractivity contribution is 8.13. The first-order valence-corrected chi connectivity index (χ1v) is 30.3. The second-order valence-electron chi connectivity index (χ2n) is 24.8. The Labute approximate surface area is 399 Å². The Morgan fingerprint density at radius 1 is 0.600 bits per heavy atom. The number of carbonyl (C=O) groups is 2. The van der Waals surface area contributed by atoms with Crippen LogP contribution in [0.2, 0.25) is 0 Å². The van der Waals surface area contributed by atoms with Crippen LogP contribution in [0.3, 0.4) is 0 Å². The van der Waals surface area contributed by atoms with Gasteiger partial charge in [0.1, 0.15) is 12.2 Å². The molecule has 8 aliphatic carbocycles. The fourth-order valence-corrected chi connectivity index (χ4v) is 18.4. The highest BCUT2D eigenvalue weighted by atomic mass is 35.7. The summed E-state index contributed by atoms with van der Waals surface area (Å²) in [6, 6.07) is 0. The predicted octanol–water partition coefficient (Wildman–Crippen LogP) is 11.1. The van der Waals surface area contributed by atoms with Crippen molar-refractivity contribution in [3.63, 3.8) is 0 Å². The molecule has 1 N–H and O–H groups in total. The van der Waals surface area contributed by atoms with Gasteiger partial charge >= 0.3 is 11.9 Å². The Balaban J connectivity index is 0.000000197. The molecular weight excluding hydrogens is 884 g/mol. The molecule has 0 amide bonds. The third kappa shape index (κ3) is 11.2. The quantitative estimate of drug-likeness (QED) is 0.141. The predicted molar refractivity (Wildman–Crippen MR) is 258 cm³/mol. The highest BCUT2D eigenvalue weighted by Gasteiger charge is 2.65. The van der Waals surface area contributed by atoms with Crippen molar-refractivity contribution in [1.29, 1.82) is 0 Å². The third-order valence-corrected chi connectivity index (χ3v) is 21.4. The number of aliphatic hydroxyl groups excluding tert-OH is 1. The Morgan fingerprint density at radius 3 is 1.31 bits per heavy atom. The van der Waals surface area contributed by atoms with Crippen LogP contribution in [0.25, 0.3) is 0 Å². The minimum absolute atomic E-state index is 0.0341. The van der Waals surface area contributed by atoms with Gasteiger partial charge in [0.25, 0.3) is 10.1 Å². The third-order valence-electron chi connectivity index (χ3n) is 20.8. The molecule has 0 aromatic heterocycles. The van der Waals surface area contributed by atoms with Gasteiger partial charge in [-0.15, -0.1) is 0 Å². The van der Waals surface area contributed by atoms with Crippen molar-refractivity contribution in [2.24, 2.45) is 105 Å². The van der Waals surface area contributed by atoms with Crippen LogP contribution in [0.5, 0.6) is 0 Å². The standard InChI is InChI=1S/C26H44O5S.C25H42O3.CH3ClO2S/c1-16-9-11-25(4)19(13-16)14-23(31-18(3)27)24-21-8-7-20(17(2)15-30-32(6,28)29)26(21,5)12-10-22(24)25;1-15-8-10-24(4)18(12-15)13-22(28-17(3)27)23-20-7-6-19(16(2)14-26)25(20,5)11-9-21(23)24;1-5(2,3)4/h16-17,19-24H,7-15H2,1-6H3;15-16,18-23,26H,6-14H2,1-5H3;1H3/t16-,17+,19-,20+,21?,22?,23?,24-,25-,26+;15-,16+,18-,19+,20?,21?,22?,23-,24-,25+;/m00./s1. The zero-order chi connectivity index (χ0) is 48.2. The van der Waals surface area contributed by atoms with Crippen LogP contribution in [0.4, 0.5) is 0 Å². The smallest absolute Gasteiger partial charge is 0.302 e. The van der Waals surface area contributed by atoms with Crippen LogP contribution in [-0.2, 0) is 42.4 Å². The summed E-state index contributed by atoms with van der Waals surface area (Å²) >= 11 is 0. The number of rotatable bonds is 8. The molecule has 0 aliphatic heterocycles. The molecule has 6 unspecified atom stereocenters. The van der Waals surface area contributed by atoms with Gasteiger partial charge in [-0.3, -0.25) is 13.8 Å². The van der Waals surface area contributed by atoms with Crippen LogP contribution in [0.15, 0.2) is 0 Å².